The number of rotatable bonds is 1. The third kappa shape index (κ3) is 1.56. The van der Waals surface area contributed by atoms with E-state index in [4.69, 9.17) is 4.74 Å². The molecule has 4 rings (SSSR count). The van der Waals surface area contributed by atoms with Crippen molar-refractivity contribution in [2.75, 3.05) is 7.11 Å². The summed E-state index contributed by atoms with van der Waals surface area (Å²) >= 11 is 0. The number of nitriles is 1. The predicted molar refractivity (Wildman–Crippen MR) is 79.3 cm³/mol. The van der Waals surface area contributed by atoms with Crippen molar-refractivity contribution in [2.45, 2.75) is 0 Å². The SMILES string of the molecule is COc1ccc2c(c1)nc(C#N)n1c3ccccc3nc21. The first-order valence-corrected chi connectivity index (χ1v) is 6.47. The molecule has 0 fully saturated rings. The minimum absolute atomic E-state index is 0.319. The molecular weight excluding hydrogens is 264 g/mol. The van der Waals surface area contributed by atoms with Gasteiger partial charge in [0.05, 0.1) is 23.7 Å². The van der Waals surface area contributed by atoms with E-state index in [1.807, 2.05) is 42.5 Å². The molecule has 0 spiro atoms. The Morgan fingerprint density at radius 3 is 2.76 bits per heavy atom. The first-order valence-electron chi connectivity index (χ1n) is 6.47. The topological polar surface area (TPSA) is 63.2 Å². The van der Waals surface area contributed by atoms with Crippen LogP contribution in [0.25, 0.3) is 27.6 Å². The minimum atomic E-state index is 0.319. The maximum Gasteiger partial charge on any atom is 0.219 e. The van der Waals surface area contributed by atoms with Crippen LogP contribution in [0.5, 0.6) is 5.75 Å². The average Bonchev–Trinajstić information content (AvgIpc) is 2.93. The van der Waals surface area contributed by atoms with Gasteiger partial charge in [0.1, 0.15) is 17.5 Å². The molecule has 2 heterocycles. The maximum absolute atomic E-state index is 9.41. The largest absolute Gasteiger partial charge is 0.497 e. The summed E-state index contributed by atoms with van der Waals surface area (Å²) < 4.78 is 7.01. The predicted octanol–water partition coefficient (Wildman–Crippen LogP) is 2.92. The number of para-hydroxylation sites is 2. The zero-order valence-electron chi connectivity index (χ0n) is 11.2. The van der Waals surface area contributed by atoms with Crippen molar-refractivity contribution < 1.29 is 4.74 Å². The fourth-order valence-corrected chi connectivity index (χ4v) is 2.58. The van der Waals surface area contributed by atoms with E-state index in [9.17, 15) is 5.26 Å². The van der Waals surface area contributed by atoms with Crippen LogP contribution in [0.4, 0.5) is 0 Å². The fraction of sp³-hybridized carbons (Fsp3) is 0.0625. The van der Waals surface area contributed by atoms with Gasteiger partial charge in [-0.1, -0.05) is 12.1 Å². The molecule has 0 saturated heterocycles. The van der Waals surface area contributed by atoms with Crippen LogP contribution in [0, 0.1) is 11.3 Å². The lowest BCUT2D eigenvalue weighted by molar-refractivity contribution is 0.415. The van der Waals surface area contributed by atoms with Crippen molar-refractivity contribution in [2.24, 2.45) is 0 Å². The van der Waals surface area contributed by atoms with E-state index in [-0.39, 0.29) is 0 Å². The van der Waals surface area contributed by atoms with Crippen LogP contribution in [0.1, 0.15) is 5.82 Å². The summed E-state index contributed by atoms with van der Waals surface area (Å²) in [6.45, 7) is 0. The van der Waals surface area contributed by atoms with E-state index in [0.717, 1.165) is 22.1 Å². The Labute approximate surface area is 120 Å². The van der Waals surface area contributed by atoms with Crippen molar-refractivity contribution in [1.82, 2.24) is 14.4 Å². The second kappa shape index (κ2) is 4.18. The number of imidazole rings is 1. The molecule has 5 heteroatoms. The van der Waals surface area contributed by atoms with Crippen LogP contribution in [0.2, 0.25) is 0 Å². The van der Waals surface area contributed by atoms with Gasteiger partial charge in [-0.25, -0.2) is 9.97 Å². The number of nitrogens with zero attached hydrogens (tertiary/aromatic N) is 4. The zero-order chi connectivity index (χ0) is 14.4. The molecule has 0 radical (unpaired) electrons. The van der Waals surface area contributed by atoms with Gasteiger partial charge in [0.2, 0.25) is 5.82 Å². The first-order chi connectivity index (χ1) is 10.3. The van der Waals surface area contributed by atoms with Gasteiger partial charge in [0.15, 0.2) is 0 Å². The molecule has 0 aliphatic rings. The van der Waals surface area contributed by atoms with Crippen LogP contribution in [0.3, 0.4) is 0 Å². The van der Waals surface area contributed by atoms with E-state index >= 15 is 0 Å². The van der Waals surface area contributed by atoms with E-state index in [1.54, 1.807) is 11.5 Å². The number of fused-ring (bicyclic) bond motifs is 5. The highest BCUT2D eigenvalue weighted by molar-refractivity contribution is 5.97. The molecule has 0 aliphatic carbocycles. The van der Waals surface area contributed by atoms with Crippen molar-refractivity contribution in [1.29, 1.82) is 5.26 Å². The summed E-state index contributed by atoms with van der Waals surface area (Å²) in [6.07, 6.45) is 0. The molecule has 4 aromatic rings. The standard InChI is InChI=1S/C16H10N4O/c1-21-10-6-7-11-13(8-10)18-15(9-17)20-14-5-3-2-4-12(14)19-16(11)20/h2-8H,1H3. The van der Waals surface area contributed by atoms with Crippen LogP contribution in [-0.4, -0.2) is 21.5 Å². The second-order valence-corrected chi connectivity index (χ2v) is 4.69. The third-order valence-electron chi connectivity index (χ3n) is 3.54. The lowest BCUT2D eigenvalue weighted by Crippen LogP contribution is -1.98. The summed E-state index contributed by atoms with van der Waals surface area (Å²) in [6, 6.07) is 15.5. The van der Waals surface area contributed by atoms with E-state index in [2.05, 4.69) is 16.0 Å². The Morgan fingerprint density at radius 2 is 1.95 bits per heavy atom. The lowest BCUT2D eigenvalue weighted by atomic mass is 10.2. The maximum atomic E-state index is 9.41. The molecule has 2 aromatic heterocycles. The summed E-state index contributed by atoms with van der Waals surface area (Å²) in [7, 11) is 1.61. The van der Waals surface area contributed by atoms with Gasteiger partial charge in [0, 0.05) is 11.5 Å². The number of aromatic nitrogens is 3. The smallest absolute Gasteiger partial charge is 0.219 e. The number of methoxy groups -OCH3 is 1. The van der Waals surface area contributed by atoms with E-state index in [0.29, 0.717) is 17.1 Å². The highest BCUT2D eigenvalue weighted by Crippen LogP contribution is 2.26. The van der Waals surface area contributed by atoms with Gasteiger partial charge in [-0.05, 0) is 24.3 Å². The van der Waals surface area contributed by atoms with Crippen molar-refractivity contribution in [3.63, 3.8) is 0 Å². The number of hydrogen-bond donors (Lipinski definition) is 0. The molecule has 21 heavy (non-hydrogen) atoms. The Morgan fingerprint density at radius 1 is 1.10 bits per heavy atom. The number of benzene rings is 2. The summed E-state index contributed by atoms with van der Waals surface area (Å²) in [5, 5.41) is 10.3. The fourth-order valence-electron chi connectivity index (χ4n) is 2.58. The number of hydrogen-bond acceptors (Lipinski definition) is 4. The van der Waals surface area contributed by atoms with Gasteiger partial charge >= 0.3 is 0 Å². The molecule has 0 N–H and O–H groups in total. The van der Waals surface area contributed by atoms with Crippen LogP contribution >= 0.6 is 0 Å². The molecule has 0 amide bonds. The summed E-state index contributed by atoms with van der Waals surface area (Å²) in [5.74, 6) is 1.03. The van der Waals surface area contributed by atoms with Gasteiger partial charge in [0.25, 0.3) is 0 Å². The Kier molecular flexibility index (Phi) is 2.33. The molecule has 0 aliphatic heterocycles. The third-order valence-corrected chi connectivity index (χ3v) is 3.54. The molecule has 2 aromatic carbocycles. The molecule has 0 bridgehead atoms. The molecule has 100 valence electrons. The van der Waals surface area contributed by atoms with Gasteiger partial charge < -0.3 is 4.74 Å². The minimum Gasteiger partial charge on any atom is -0.497 e. The van der Waals surface area contributed by atoms with E-state index < -0.39 is 0 Å². The van der Waals surface area contributed by atoms with Crippen LogP contribution in [0.15, 0.2) is 42.5 Å². The van der Waals surface area contributed by atoms with Crippen molar-refractivity contribution in [3.05, 3.63) is 48.3 Å². The van der Waals surface area contributed by atoms with Gasteiger partial charge in [-0.3, -0.25) is 4.40 Å². The highest BCUT2D eigenvalue weighted by atomic mass is 16.5. The second-order valence-electron chi connectivity index (χ2n) is 4.69. The monoisotopic (exact) mass is 274 g/mol. The van der Waals surface area contributed by atoms with E-state index in [1.165, 1.54) is 0 Å². The molecule has 0 saturated carbocycles. The highest BCUT2D eigenvalue weighted by Gasteiger charge is 2.13. The number of ether oxygens (including phenoxy) is 1. The molecule has 0 atom stereocenters. The average molecular weight is 274 g/mol. The Hall–Kier alpha value is -3.13. The molecule has 5 nitrogen and oxygen atoms in total. The lowest BCUT2D eigenvalue weighted by Gasteiger charge is -2.05. The van der Waals surface area contributed by atoms with Gasteiger partial charge in [-0.2, -0.15) is 5.26 Å². The van der Waals surface area contributed by atoms with Gasteiger partial charge in [-0.15, -0.1) is 0 Å². The van der Waals surface area contributed by atoms with Crippen LogP contribution < -0.4 is 4.74 Å². The first kappa shape index (κ1) is 11.7. The summed E-state index contributed by atoms with van der Waals surface area (Å²) in [4.78, 5) is 9.07. The molecular formula is C16H10N4O. The molecule has 0 unspecified atom stereocenters. The van der Waals surface area contributed by atoms with Crippen molar-refractivity contribution in [3.8, 4) is 11.8 Å². The van der Waals surface area contributed by atoms with Crippen LogP contribution in [-0.2, 0) is 0 Å². The Bertz CT molecular complexity index is 1040. The summed E-state index contributed by atoms with van der Waals surface area (Å²) in [5.41, 5.74) is 3.17. The zero-order valence-corrected chi connectivity index (χ0v) is 11.2. The Balaban J connectivity index is 2.27. The van der Waals surface area contributed by atoms with Crippen molar-refractivity contribution >= 4 is 27.6 Å². The quantitative estimate of drug-likeness (QED) is 0.535. The normalized spacial score (nSPS) is 11.0.